The monoisotopic (exact) mass is 476 g/mol. The predicted molar refractivity (Wildman–Crippen MR) is 133 cm³/mol. The zero-order valence-electron chi connectivity index (χ0n) is 19.9. The van der Waals surface area contributed by atoms with Gasteiger partial charge in [-0.1, -0.05) is 12.1 Å². The number of amides is 2. The molecule has 0 heterocycles. The largest absolute Gasteiger partial charge is 0.497 e. The molecule has 35 heavy (non-hydrogen) atoms. The highest BCUT2D eigenvalue weighted by molar-refractivity contribution is 5.94. The topological polar surface area (TPSA) is 103 Å². The highest BCUT2D eigenvalue weighted by atomic mass is 16.5. The summed E-state index contributed by atoms with van der Waals surface area (Å²) in [4.78, 5) is 36.0. The van der Waals surface area contributed by atoms with Gasteiger partial charge in [-0.05, 0) is 73.5 Å². The van der Waals surface area contributed by atoms with Gasteiger partial charge in [0.15, 0.2) is 6.61 Å². The van der Waals surface area contributed by atoms with E-state index in [4.69, 9.17) is 14.2 Å². The van der Waals surface area contributed by atoms with Crippen LogP contribution in [-0.2, 0) is 19.1 Å². The van der Waals surface area contributed by atoms with Gasteiger partial charge in [-0.15, -0.1) is 0 Å². The van der Waals surface area contributed by atoms with Gasteiger partial charge in [0.1, 0.15) is 17.2 Å². The Labute approximate surface area is 204 Å². The summed E-state index contributed by atoms with van der Waals surface area (Å²) in [5.74, 6) is 0.510. The quantitative estimate of drug-likeness (QED) is 0.399. The summed E-state index contributed by atoms with van der Waals surface area (Å²) in [6, 6.07) is 19.7. The molecule has 0 aliphatic rings. The van der Waals surface area contributed by atoms with Crippen molar-refractivity contribution < 1.29 is 28.6 Å². The number of methoxy groups -OCH3 is 1. The van der Waals surface area contributed by atoms with Crippen molar-refractivity contribution in [2.75, 3.05) is 24.4 Å². The fourth-order valence-corrected chi connectivity index (χ4v) is 3.29. The second-order valence-corrected chi connectivity index (χ2v) is 7.94. The van der Waals surface area contributed by atoms with Crippen LogP contribution in [0.25, 0.3) is 0 Å². The number of carbonyl (C=O) groups excluding carboxylic acids is 3. The molecule has 3 rings (SSSR count). The number of aryl methyl sites for hydroxylation is 2. The predicted octanol–water partition coefficient (Wildman–Crippen LogP) is 5.00. The second kappa shape index (κ2) is 12.2. The second-order valence-electron chi connectivity index (χ2n) is 7.94. The number of benzene rings is 3. The highest BCUT2D eigenvalue weighted by Gasteiger charge is 2.11. The van der Waals surface area contributed by atoms with Crippen molar-refractivity contribution in [1.29, 1.82) is 0 Å². The zero-order chi connectivity index (χ0) is 25.2. The number of hydrogen-bond donors (Lipinski definition) is 2. The van der Waals surface area contributed by atoms with E-state index in [9.17, 15) is 14.4 Å². The first-order chi connectivity index (χ1) is 16.8. The van der Waals surface area contributed by atoms with Crippen molar-refractivity contribution in [3.63, 3.8) is 0 Å². The number of anilines is 2. The number of nitrogens with one attached hydrogen (secondary N) is 2. The van der Waals surface area contributed by atoms with Crippen LogP contribution in [0.15, 0.2) is 66.7 Å². The smallest absolute Gasteiger partial charge is 0.306 e. The van der Waals surface area contributed by atoms with Crippen LogP contribution in [0.1, 0.15) is 24.0 Å². The van der Waals surface area contributed by atoms with Gasteiger partial charge >= 0.3 is 5.97 Å². The summed E-state index contributed by atoms with van der Waals surface area (Å²) in [7, 11) is 1.52. The van der Waals surface area contributed by atoms with Crippen molar-refractivity contribution in [2.24, 2.45) is 0 Å². The van der Waals surface area contributed by atoms with E-state index in [-0.39, 0.29) is 18.7 Å². The van der Waals surface area contributed by atoms with Gasteiger partial charge in [0.25, 0.3) is 5.91 Å². The first kappa shape index (κ1) is 25.3. The third-order valence-electron chi connectivity index (χ3n) is 4.84. The first-order valence-electron chi connectivity index (χ1n) is 11.1. The van der Waals surface area contributed by atoms with Crippen LogP contribution in [0.2, 0.25) is 0 Å². The Balaban J connectivity index is 1.38. The molecule has 182 valence electrons. The van der Waals surface area contributed by atoms with Gasteiger partial charge in [0, 0.05) is 23.9 Å². The molecule has 0 saturated heterocycles. The summed E-state index contributed by atoms with van der Waals surface area (Å²) in [6.45, 7) is 3.57. The molecular formula is C27H28N2O6. The first-order valence-corrected chi connectivity index (χ1v) is 11.1. The van der Waals surface area contributed by atoms with Crippen molar-refractivity contribution in [1.82, 2.24) is 0 Å². The Hall–Kier alpha value is -4.33. The average Bonchev–Trinajstić information content (AvgIpc) is 2.82. The van der Waals surface area contributed by atoms with E-state index in [1.807, 2.05) is 26.0 Å². The molecule has 2 N–H and O–H groups in total. The molecule has 0 aliphatic heterocycles. The molecule has 0 spiro atoms. The summed E-state index contributed by atoms with van der Waals surface area (Å²) >= 11 is 0. The van der Waals surface area contributed by atoms with E-state index < -0.39 is 18.5 Å². The van der Waals surface area contributed by atoms with Gasteiger partial charge in [0.05, 0.1) is 13.5 Å². The van der Waals surface area contributed by atoms with Crippen LogP contribution in [0, 0.1) is 13.8 Å². The Morgan fingerprint density at radius 3 is 2.09 bits per heavy atom. The Morgan fingerprint density at radius 2 is 1.40 bits per heavy atom. The minimum absolute atomic E-state index is 0.0723. The Kier molecular flexibility index (Phi) is 8.83. The van der Waals surface area contributed by atoms with Crippen LogP contribution in [0.4, 0.5) is 11.4 Å². The highest BCUT2D eigenvalue weighted by Crippen LogP contribution is 2.25. The third kappa shape index (κ3) is 8.51. The summed E-state index contributed by atoms with van der Waals surface area (Å²) in [6.07, 6.45) is -0.219. The molecule has 0 bridgehead atoms. The number of hydrogen-bond acceptors (Lipinski definition) is 6. The molecule has 0 aromatic heterocycles. The molecule has 0 fully saturated rings. The van der Waals surface area contributed by atoms with Crippen molar-refractivity contribution in [3.05, 3.63) is 77.9 Å². The maximum absolute atomic E-state index is 12.2. The van der Waals surface area contributed by atoms with E-state index in [1.54, 1.807) is 48.5 Å². The zero-order valence-corrected chi connectivity index (χ0v) is 19.9. The molecule has 3 aromatic carbocycles. The normalized spacial score (nSPS) is 10.3. The third-order valence-corrected chi connectivity index (χ3v) is 4.84. The molecule has 0 radical (unpaired) electrons. The number of esters is 1. The van der Waals surface area contributed by atoms with E-state index in [1.165, 1.54) is 7.11 Å². The lowest BCUT2D eigenvalue weighted by Gasteiger charge is -2.10. The molecule has 3 aromatic rings. The van der Waals surface area contributed by atoms with Gasteiger partial charge < -0.3 is 24.8 Å². The fraction of sp³-hybridized carbons (Fsp3) is 0.222. The van der Waals surface area contributed by atoms with Crippen LogP contribution in [0.3, 0.4) is 0 Å². The Morgan fingerprint density at radius 1 is 0.714 bits per heavy atom. The van der Waals surface area contributed by atoms with Crippen molar-refractivity contribution in [3.8, 4) is 17.2 Å². The molecular weight excluding hydrogens is 448 g/mol. The standard InChI is InChI=1S/C27H28N2O6/c1-18-13-19(2)15-24(14-18)35-22-9-7-20(8-10-22)28-25(30)11-12-27(32)34-17-26(31)29-21-5-4-6-23(16-21)33-3/h4-10,13-16H,11-12,17H2,1-3H3,(H,28,30)(H,29,31). The molecule has 0 aliphatic carbocycles. The van der Waals surface area contributed by atoms with E-state index >= 15 is 0 Å². The molecule has 8 nitrogen and oxygen atoms in total. The summed E-state index contributed by atoms with van der Waals surface area (Å²) in [5, 5.41) is 5.33. The lowest BCUT2D eigenvalue weighted by atomic mass is 10.1. The van der Waals surface area contributed by atoms with Gasteiger partial charge in [-0.3, -0.25) is 14.4 Å². The number of rotatable bonds is 10. The Bertz CT molecular complexity index is 1170. The van der Waals surface area contributed by atoms with Crippen LogP contribution < -0.4 is 20.1 Å². The molecule has 0 saturated carbocycles. The van der Waals surface area contributed by atoms with E-state index in [0.29, 0.717) is 22.9 Å². The minimum atomic E-state index is -0.641. The van der Waals surface area contributed by atoms with E-state index in [2.05, 4.69) is 16.7 Å². The maximum atomic E-state index is 12.2. The fourth-order valence-electron chi connectivity index (χ4n) is 3.29. The average molecular weight is 477 g/mol. The minimum Gasteiger partial charge on any atom is -0.497 e. The van der Waals surface area contributed by atoms with Crippen molar-refractivity contribution in [2.45, 2.75) is 26.7 Å². The van der Waals surface area contributed by atoms with Crippen LogP contribution >= 0.6 is 0 Å². The number of ether oxygens (including phenoxy) is 3. The van der Waals surface area contributed by atoms with Gasteiger partial charge in [0.2, 0.25) is 5.91 Å². The lowest BCUT2D eigenvalue weighted by molar-refractivity contribution is -0.147. The molecule has 2 amide bonds. The van der Waals surface area contributed by atoms with E-state index in [0.717, 1.165) is 16.9 Å². The van der Waals surface area contributed by atoms with Crippen LogP contribution in [-0.4, -0.2) is 31.5 Å². The van der Waals surface area contributed by atoms with Gasteiger partial charge in [-0.2, -0.15) is 0 Å². The SMILES string of the molecule is COc1cccc(NC(=O)COC(=O)CCC(=O)Nc2ccc(Oc3cc(C)cc(C)c3)cc2)c1. The molecule has 8 heteroatoms. The van der Waals surface area contributed by atoms with Crippen LogP contribution in [0.5, 0.6) is 17.2 Å². The summed E-state index contributed by atoms with van der Waals surface area (Å²) < 4.78 is 15.9. The van der Waals surface area contributed by atoms with Crippen molar-refractivity contribution >= 4 is 29.2 Å². The maximum Gasteiger partial charge on any atom is 0.306 e. The lowest BCUT2D eigenvalue weighted by Crippen LogP contribution is -2.21. The van der Waals surface area contributed by atoms with Gasteiger partial charge in [-0.25, -0.2) is 0 Å². The number of carbonyl (C=O) groups is 3. The molecule has 0 atom stereocenters. The summed E-state index contributed by atoms with van der Waals surface area (Å²) in [5.41, 5.74) is 3.32. The molecule has 0 unspecified atom stereocenters.